The number of hydrogen-bond donors (Lipinski definition) is 1. The molecule has 3 saturated heterocycles. The van der Waals surface area contributed by atoms with Crippen LogP contribution in [0.3, 0.4) is 0 Å². The molecule has 9 heteroatoms. The van der Waals surface area contributed by atoms with E-state index in [2.05, 4.69) is 13.2 Å². The molecule has 3 aliphatic heterocycles. The highest BCUT2D eigenvalue weighted by atomic mass is 35.5. The maximum atomic E-state index is 14.2. The predicted octanol–water partition coefficient (Wildman–Crippen LogP) is 2.74. The van der Waals surface area contributed by atoms with Crippen molar-refractivity contribution in [2.24, 2.45) is 11.8 Å². The molecule has 2 unspecified atom stereocenters. The number of rotatable bonds is 10. The fourth-order valence-corrected chi connectivity index (χ4v) is 6.12. The van der Waals surface area contributed by atoms with E-state index >= 15 is 0 Å². The van der Waals surface area contributed by atoms with Crippen LogP contribution in [0, 0.1) is 11.8 Å². The molecule has 4 rings (SSSR count). The maximum absolute atomic E-state index is 14.2. The summed E-state index contributed by atoms with van der Waals surface area (Å²) < 4.78 is 11.9. The number of ether oxygens (including phenoxy) is 2. The summed E-state index contributed by atoms with van der Waals surface area (Å²) in [5.41, 5.74) is -1.47. The molecule has 188 valence electrons. The molecule has 3 aliphatic rings. The fraction of sp³-hybridized carbons (Fsp3) is 0.500. The molecule has 0 aromatic heterocycles. The van der Waals surface area contributed by atoms with Crippen molar-refractivity contribution in [2.75, 3.05) is 31.2 Å². The van der Waals surface area contributed by atoms with Gasteiger partial charge >= 0.3 is 5.97 Å². The van der Waals surface area contributed by atoms with Gasteiger partial charge in [0.15, 0.2) is 0 Å². The molecule has 3 fully saturated rings. The number of amides is 2. The molecule has 5 atom stereocenters. The zero-order valence-electron chi connectivity index (χ0n) is 19.8. The lowest BCUT2D eigenvalue weighted by Crippen LogP contribution is -2.56. The van der Waals surface area contributed by atoms with Crippen LogP contribution in [-0.4, -0.2) is 71.3 Å². The zero-order valence-corrected chi connectivity index (χ0v) is 20.6. The average molecular weight is 503 g/mol. The summed E-state index contributed by atoms with van der Waals surface area (Å²) in [6.07, 6.45) is 4.36. The van der Waals surface area contributed by atoms with Gasteiger partial charge < -0.3 is 24.4 Å². The number of benzene rings is 1. The van der Waals surface area contributed by atoms with Gasteiger partial charge in [-0.05, 0) is 50.5 Å². The Labute approximate surface area is 210 Å². The zero-order chi connectivity index (χ0) is 25.4. The minimum Gasteiger partial charge on any atom is -0.461 e. The molecule has 2 amide bonds. The Morgan fingerprint density at radius 3 is 2.63 bits per heavy atom. The first kappa shape index (κ1) is 25.4. The number of carbonyl (C=O) groups excluding carboxylic acids is 3. The second kappa shape index (κ2) is 9.76. The third-order valence-electron chi connectivity index (χ3n) is 7.38. The van der Waals surface area contributed by atoms with Gasteiger partial charge in [-0.15, -0.1) is 6.58 Å². The minimum atomic E-state index is -1.16. The number of nitrogens with zero attached hydrogens (tertiary/aromatic N) is 2. The number of esters is 1. The van der Waals surface area contributed by atoms with Crippen molar-refractivity contribution in [1.29, 1.82) is 0 Å². The van der Waals surface area contributed by atoms with E-state index in [1.807, 2.05) is 6.92 Å². The summed E-state index contributed by atoms with van der Waals surface area (Å²) in [6.45, 7) is 9.45. The summed E-state index contributed by atoms with van der Waals surface area (Å²) in [6, 6.07) is 5.89. The molecule has 3 heterocycles. The van der Waals surface area contributed by atoms with Crippen molar-refractivity contribution in [3.05, 3.63) is 54.6 Å². The largest absolute Gasteiger partial charge is 0.461 e. The van der Waals surface area contributed by atoms with E-state index in [0.29, 0.717) is 30.0 Å². The van der Waals surface area contributed by atoms with Gasteiger partial charge in [-0.1, -0.05) is 30.3 Å². The van der Waals surface area contributed by atoms with Crippen molar-refractivity contribution in [3.63, 3.8) is 0 Å². The molecular weight excluding hydrogens is 472 g/mol. The van der Waals surface area contributed by atoms with E-state index < -0.39 is 35.0 Å². The molecule has 2 bridgehead atoms. The SMILES string of the molecule is C=CCOC(=O)[C@H]1[C@H]2C(=O)N(CCCO)C(C(=O)N(CC=C)c3ccc(Cl)cc3)C23CC[C@]1(C)O3. The monoisotopic (exact) mass is 502 g/mol. The van der Waals surface area contributed by atoms with Gasteiger partial charge in [-0.2, -0.15) is 0 Å². The number of hydrogen-bond acceptors (Lipinski definition) is 6. The summed E-state index contributed by atoms with van der Waals surface area (Å²) in [5, 5.41) is 10.0. The summed E-state index contributed by atoms with van der Waals surface area (Å²) >= 11 is 6.05. The highest BCUT2D eigenvalue weighted by molar-refractivity contribution is 6.30. The smallest absolute Gasteiger partial charge is 0.313 e. The van der Waals surface area contributed by atoms with E-state index in [9.17, 15) is 19.5 Å². The normalized spacial score (nSPS) is 30.8. The number of likely N-dealkylation sites (tertiary alicyclic amines) is 1. The van der Waals surface area contributed by atoms with Crippen molar-refractivity contribution in [2.45, 2.75) is 43.4 Å². The van der Waals surface area contributed by atoms with Gasteiger partial charge in [0.1, 0.15) is 24.2 Å². The molecule has 0 saturated carbocycles. The number of fused-ring (bicyclic) bond motifs is 1. The molecule has 1 N–H and O–H groups in total. The van der Waals surface area contributed by atoms with E-state index in [-0.39, 0.29) is 38.1 Å². The Bertz CT molecular complexity index is 1030. The van der Waals surface area contributed by atoms with Crippen molar-refractivity contribution in [1.82, 2.24) is 4.90 Å². The molecule has 35 heavy (non-hydrogen) atoms. The summed E-state index contributed by atoms with van der Waals surface area (Å²) in [7, 11) is 0. The van der Waals surface area contributed by atoms with E-state index in [1.165, 1.54) is 11.0 Å². The van der Waals surface area contributed by atoms with Crippen LogP contribution in [0.1, 0.15) is 26.2 Å². The van der Waals surface area contributed by atoms with E-state index in [0.717, 1.165) is 0 Å². The van der Waals surface area contributed by atoms with Crippen molar-refractivity contribution < 1.29 is 29.0 Å². The predicted molar refractivity (Wildman–Crippen MR) is 131 cm³/mol. The van der Waals surface area contributed by atoms with Crippen LogP contribution in [0.5, 0.6) is 0 Å². The molecule has 1 aromatic carbocycles. The van der Waals surface area contributed by atoms with Crippen LogP contribution in [-0.2, 0) is 23.9 Å². The Balaban J connectivity index is 1.77. The fourth-order valence-electron chi connectivity index (χ4n) is 6.00. The third-order valence-corrected chi connectivity index (χ3v) is 7.63. The van der Waals surface area contributed by atoms with Gasteiger partial charge in [0.25, 0.3) is 5.91 Å². The number of halogens is 1. The van der Waals surface area contributed by atoms with Gasteiger partial charge in [0.05, 0.1) is 11.5 Å². The quantitative estimate of drug-likeness (QED) is 0.390. The Morgan fingerprint density at radius 1 is 1.29 bits per heavy atom. The molecular formula is C26H31ClN2O6. The minimum absolute atomic E-state index is 0.0274. The van der Waals surface area contributed by atoms with Crippen LogP contribution in [0.4, 0.5) is 5.69 Å². The van der Waals surface area contributed by atoms with Crippen LogP contribution in [0.25, 0.3) is 0 Å². The van der Waals surface area contributed by atoms with Crippen molar-refractivity contribution in [3.8, 4) is 0 Å². The number of anilines is 1. The van der Waals surface area contributed by atoms with Crippen LogP contribution in [0.15, 0.2) is 49.6 Å². The van der Waals surface area contributed by atoms with Gasteiger partial charge in [-0.3, -0.25) is 14.4 Å². The van der Waals surface area contributed by atoms with E-state index in [4.69, 9.17) is 21.1 Å². The van der Waals surface area contributed by atoms with Crippen LogP contribution >= 0.6 is 11.6 Å². The molecule has 1 aromatic rings. The lowest BCUT2D eigenvalue weighted by molar-refractivity contribution is -0.158. The first-order chi connectivity index (χ1) is 16.7. The van der Waals surface area contributed by atoms with Gasteiger partial charge in [0, 0.05) is 30.4 Å². The molecule has 0 radical (unpaired) electrons. The second-order valence-electron chi connectivity index (χ2n) is 9.47. The van der Waals surface area contributed by atoms with Gasteiger partial charge in [0.2, 0.25) is 5.91 Å². The Kier molecular flexibility index (Phi) is 7.09. The third kappa shape index (κ3) is 4.07. The average Bonchev–Trinajstić information content (AvgIpc) is 3.40. The van der Waals surface area contributed by atoms with Crippen molar-refractivity contribution >= 4 is 35.1 Å². The number of carbonyl (C=O) groups is 3. The topological polar surface area (TPSA) is 96.4 Å². The molecule has 8 nitrogen and oxygen atoms in total. The highest BCUT2D eigenvalue weighted by Crippen LogP contribution is 2.63. The number of aliphatic hydroxyl groups excluding tert-OH is 1. The second-order valence-corrected chi connectivity index (χ2v) is 9.91. The first-order valence-electron chi connectivity index (χ1n) is 11.8. The van der Waals surface area contributed by atoms with Crippen LogP contribution in [0.2, 0.25) is 5.02 Å². The summed E-state index contributed by atoms with van der Waals surface area (Å²) in [4.78, 5) is 44.1. The lowest BCUT2D eigenvalue weighted by Gasteiger charge is -2.36. The maximum Gasteiger partial charge on any atom is 0.313 e. The van der Waals surface area contributed by atoms with Crippen LogP contribution < -0.4 is 4.90 Å². The highest BCUT2D eigenvalue weighted by Gasteiger charge is 2.78. The Morgan fingerprint density at radius 2 is 2.00 bits per heavy atom. The standard InChI is InChI=1S/C26H31ClN2O6/c1-4-13-28(18-9-7-17(27)8-10-18)23(32)21-26-12-11-25(3,35-26)20(24(33)34-16-5-2)19(26)22(31)29(21)14-6-15-30/h4-5,7-10,19-21,30H,1-2,6,11-16H2,3H3/t19-,20+,21?,25-,26?/m0/s1. The number of aliphatic hydroxyl groups is 1. The lowest BCUT2D eigenvalue weighted by atomic mass is 9.66. The molecule has 0 aliphatic carbocycles. The Hall–Kier alpha value is -2.68. The van der Waals surface area contributed by atoms with Gasteiger partial charge in [-0.25, -0.2) is 0 Å². The molecule has 1 spiro atoms. The summed E-state index contributed by atoms with van der Waals surface area (Å²) in [5.74, 6) is -2.85. The van der Waals surface area contributed by atoms with E-state index in [1.54, 1.807) is 35.2 Å². The first-order valence-corrected chi connectivity index (χ1v) is 12.2.